The molecule has 5 N–H and O–H groups in total. The first-order chi connectivity index (χ1) is 24.2. The molecule has 236 valence electrons. The Morgan fingerprint density at radius 1 is 0.510 bits per heavy atom. The van der Waals surface area contributed by atoms with Crippen LogP contribution in [0.5, 0.6) is 0 Å². The predicted molar refractivity (Wildman–Crippen MR) is 206 cm³/mol. The van der Waals surface area contributed by atoms with Gasteiger partial charge in [0, 0.05) is 63.2 Å². The van der Waals surface area contributed by atoms with Crippen molar-refractivity contribution in [2.24, 2.45) is 17.6 Å². The zero-order valence-electron chi connectivity index (χ0n) is 27.0. The van der Waals surface area contributed by atoms with Crippen molar-refractivity contribution in [3.63, 3.8) is 0 Å². The van der Waals surface area contributed by atoms with Crippen molar-refractivity contribution < 1.29 is 0 Å². The van der Waals surface area contributed by atoms with Gasteiger partial charge < -0.3 is 21.4 Å². The molecule has 0 spiro atoms. The average molecular weight is 633 g/mol. The molecular weight excluding hydrogens is 597 g/mol. The molecular formula is C45H36N4. The van der Waals surface area contributed by atoms with Gasteiger partial charge in [-0.1, -0.05) is 127 Å². The monoisotopic (exact) mass is 632 g/mol. The van der Waals surface area contributed by atoms with Gasteiger partial charge in [0.2, 0.25) is 0 Å². The smallest absolute Gasteiger partial charge is 0.0642 e. The quantitative estimate of drug-likeness (QED) is 0.135. The van der Waals surface area contributed by atoms with E-state index in [0.29, 0.717) is 11.8 Å². The summed E-state index contributed by atoms with van der Waals surface area (Å²) in [5.41, 5.74) is 21.1. The molecule has 3 atom stereocenters. The number of fused-ring (bicyclic) bond motifs is 2. The molecule has 2 aliphatic rings. The number of para-hydroxylation sites is 2. The van der Waals surface area contributed by atoms with E-state index in [1.165, 1.54) is 38.8 Å². The molecule has 1 saturated carbocycles. The minimum Gasteiger partial charge on any atom is -0.359 e. The molecule has 0 amide bonds. The zero-order chi connectivity index (χ0) is 32.7. The highest BCUT2D eigenvalue weighted by molar-refractivity contribution is 5.97. The molecule has 49 heavy (non-hydrogen) atoms. The van der Waals surface area contributed by atoms with E-state index in [1.807, 2.05) is 6.20 Å². The largest absolute Gasteiger partial charge is 0.359 e. The maximum atomic E-state index is 6.27. The lowest BCUT2D eigenvalue weighted by Crippen LogP contribution is -2.01. The zero-order valence-corrected chi connectivity index (χ0v) is 27.0. The van der Waals surface area contributed by atoms with Crippen molar-refractivity contribution in [1.82, 2.24) is 4.98 Å². The summed E-state index contributed by atoms with van der Waals surface area (Å²) < 4.78 is 0. The van der Waals surface area contributed by atoms with Gasteiger partial charge >= 0.3 is 0 Å². The van der Waals surface area contributed by atoms with Gasteiger partial charge in [0.1, 0.15) is 0 Å². The molecule has 6 aromatic carbocycles. The lowest BCUT2D eigenvalue weighted by atomic mass is 9.93. The van der Waals surface area contributed by atoms with Gasteiger partial charge in [0.05, 0.1) is 5.69 Å². The SMILES string of the molecule is NC1C2C=CC(c3ccc(Nc4ccc(-c5ccccc5-c5ccccc5Nc5c[nH]c6ccccc56)cc4)c(-c4ccccc4)c3)=CC12. The van der Waals surface area contributed by atoms with Crippen LogP contribution in [0, 0.1) is 11.8 Å². The molecule has 2 aliphatic carbocycles. The number of rotatable bonds is 8. The van der Waals surface area contributed by atoms with Gasteiger partial charge in [-0.25, -0.2) is 0 Å². The molecule has 4 heteroatoms. The van der Waals surface area contributed by atoms with Crippen LogP contribution in [0.25, 0.3) is 49.9 Å². The maximum absolute atomic E-state index is 6.27. The molecule has 3 unspecified atom stereocenters. The fraction of sp³-hybridized carbons (Fsp3) is 0.0667. The molecule has 1 heterocycles. The Balaban J connectivity index is 1.02. The van der Waals surface area contributed by atoms with Crippen LogP contribution in [0.4, 0.5) is 22.7 Å². The normalized spacial score (nSPS) is 17.7. The third kappa shape index (κ3) is 5.52. The van der Waals surface area contributed by atoms with E-state index in [9.17, 15) is 0 Å². The first kappa shape index (κ1) is 29.1. The average Bonchev–Trinajstić information content (AvgIpc) is 3.63. The van der Waals surface area contributed by atoms with Crippen LogP contribution < -0.4 is 16.4 Å². The number of hydrogen-bond acceptors (Lipinski definition) is 3. The van der Waals surface area contributed by atoms with Gasteiger partial charge in [-0.3, -0.25) is 0 Å². The highest BCUT2D eigenvalue weighted by Crippen LogP contribution is 2.46. The van der Waals surface area contributed by atoms with Crippen molar-refractivity contribution in [2.45, 2.75) is 6.04 Å². The van der Waals surface area contributed by atoms with Crippen LogP contribution in [-0.2, 0) is 0 Å². The van der Waals surface area contributed by atoms with Crippen LogP contribution in [0.3, 0.4) is 0 Å². The summed E-state index contributed by atoms with van der Waals surface area (Å²) in [6.07, 6.45) is 8.90. The summed E-state index contributed by atoms with van der Waals surface area (Å²) in [6, 6.07) is 51.9. The minimum atomic E-state index is 0.259. The number of H-pyrrole nitrogens is 1. The van der Waals surface area contributed by atoms with Crippen LogP contribution >= 0.6 is 0 Å². The standard InChI is InChI=1S/C45H36N4/c46-45-37-24-20-31(27-40(37)45)32-21-25-43(39(26-32)29-10-2-1-3-11-29)48-33-22-18-30(19-23-33)34-12-4-5-13-35(34)36-14-6-9-17-42(36)49-44-28-47-41-16-8-7-15-38(41)44/h1-28,37,40,45,47-49H,46H2. The Morgan fingerprint density at radius 3 is 2.02 bits per heavy atom. The topological polar surface area (TPSA) is 65.9 Å². The van der Waals surface area contributed by atoms with E-state index in [1.54, 1.807) is 0 Å². The van der Waals surface area contributed by atoms with Crippen molar-refractivity contribution in [2.75, 3.05) is 10.6 Å². The number of aromatic nitrogens is 1. The van der Waals surface area contributed by atoms with Crippen molar-refractivity contribution in [3.8, 4) is 33.4 Å². The van der Waals surface area contributed by atoms with Crippen LogP contribution in [0.2, 0.25) is 0 Å². The molecule has 4 nitrogen and oxygen atoms in total. The van der Waals surface area contributed by atoms with Gasteiger partial charge in [0.15, 0.2) is 0 Å². The van der Waals surface area contributed by atoms with E-state index in [-0.39, 0.29) is 6.04 Å². The number of benzene rings is 6. The van der Waals surface area contributed by atoms with Gasteiger partial charge in [0.25, 0.3) is 0 Å². The Bertz CT molecular complexity index is 2360. The van der Waals surface area contributed by atoms with E-state index < -0.39 is 0 Å². The molecule has 0 saturated heterocycles. The first-order valence-corrected chi connectivity index (χ1v) is 16.9. The van der Waals surface area contributed by atoms with E-state index >= 15 is 0 Å². The summed E-state index contributed by atoms with van der Waals surface area (Å²) in [5, 5.41) is 8.60. The molecule has 1 aromatic heterocycles. The lowest BCUT2D eigenvalue weighted by Gasteiger charge is -2.17. The second kappa shape index (κ2) is 12.2. The Labute approximate surface area is 286 Å². The fourth-order valence-electron chi connectivity index (χ4n) is 7.23. The number of hydrogen-bond donors (Lipinski definition) is 4. The van der Waals surface area contributed by atoms with Crippen LogP contribution in [0.15, 0.2) is 170 Å². The van der Waals surface area contributed by atoms with Crippen LogP contribution in [0.1, 0.15) is 5.56 Å². The third-order valence-corrected chi connectivity index (χ3v) is 9.98. The molecule has 0 radical (unpaired) electrons. The van der Waals surface area contributed by atoms with Gasteiger partial charge in [-0.05, 0) is 69.8 Å². The van der Waals surface area contributed by atoms with Crippen molar-refractivity contribution in [1.29, 1.82) is 0 Å². The van der Waals surface area contributed by atoms with Crippen molar-refractivity contribution in [3.05, 3.63) is 176 Å². The summed E-state index contributed by atoms with van der Waals surface area (Å²) in [7, 11) is 0. The number of aromatic amines is 1. The summed E-state index contributed by atoms with van der Waals surface area (Å²) >= 11 is 0. The molecule has 0 aliphatic heterocycles. The second-order valence-corrected chi connectivity index (χ2v) is 13.0. The first-order valence-electron chi connectivity index (χ1n) is 16.9. The predicted octanol–water partition coefficient (Wildman–Crippen LogP) is 11.2. The molecule has 7 aromatic rings. The number of nitrogens with one attached hydrogen (secondary N) is 3. The van der Waals surface area contributed by atoms with E-state index in [2.05, 4.69) is 179 Å². The lowest BCUT2D eigenvalue weighted by molar-refractivity contribution is 0.975. The van der Waals surface area contributed by atoms with Crippen LogP contribution in [-0.4, -0.2) is 11.0 Å². The summed E-state index contributed by atoms with van der Waals surface area (Å²) in [4.78, 5) is 3.38. The van der Waals surface area contributed by atoms with E-state index in [0.717, 1.165) is 39.4 Å². The molecule has 1 fully saturated rings. The number of nitrogens with two attached hydrogens (primary N) is 1. The third-order valence-electron chi connectivity index (χ3n) is 9.98. The van der Waals surface area contributed by atoms with E-state index in [4.69, 9.17) is 5.73 Å². The Morgan fingerprint density at radius 2 is 1.18 bits per heavy atom. The minimum absolute atomic E-state index is 0.259. The Kier molecular flexibility index (Phi) is 7.22. The second-order valence-electron chi connectivity index (χ2n) is 13.0. The fourth-order valence-corrected chi connectivity index (χ4v) is 7.23. The molecule has 9 rings (SSSR count). The number of allylic oxidation sites excluding steroid dienone is 2. The summed E-state index contributed by atoms with van der Waals surface area (Å²) in [6.45, 7) is 0. The van der Waals surface area contributed by atoms with Crippen molar-refractivity contribution >= 4 is 39.2 Å². The highest BCUT2D eigenvalue weighted by Gasteiger charge is 2.45. The van der Waals surface area contributed by atoms with Gasteiger partial charge in [-0.15, -0.1) is 0 Å². The Hall–Kier alpha value is -6.10. The maximum Gasteiger partial charge on any atom is 0.0642 e. The summed E-state index contributed by atoms with van der Waals surface area (Å²) in [5.74, 6) is 0.968. The number of anilines is 4. The molecule has 0 bridgehead atoms. The highest BCUT2D eigenvalue weighted by atomic mass is 14.9. The van der Waals surface area contributed by atoms with Gasteiger partial charge in [-0.2, -0.15) is 0 Å².